The van der Waals surface area contributed by atoms with E-state index in [1.807, 2.05) is 4.90 Å². The maximum atomic E-state index is 13.3. The van der Waals surface area contributed by atoms with E-state index < -0.39 is 5.41 Å². The molecule has 0 bridgehead atoms. The molecule has 1 N–H and O–H groups in total. The lowest BCUT2D eigenvalue weighted by atomic mass is 9.73. The Bertz CT molecular complexity index is 550. The molecule has 1 aromatic carbocycles. The number of β-amino-alcohol motifs (C(OH)–C–C–N with tert-alkyl or cyclic N) is 1. The molecule has 24 heavy (non-hydrogen) atoms. The van der Waals surface area contributed by atoms with Gasteiger partial charge in [-0.3, -0.25) is 9.69 Å². The number of nitrogens with zero attached hydrogens (tertiary/aromatic N) is 2. The number of hydrogen-bond donors (Lipinski definition) is 1. The van der Waals surface area contributed by atoms with Gasteiger partial charge in [0.15, 0.2) is 0 Å². The Balaban J connectivity index is 1.79. The van der Waals surface area contributed by atoms with Gasteiger partial charge in [0.25, 0.3) is 0 Å². The second-order valence-corrected chi connectivity index (χ2v) is 6.56. The number of aliphatic hydroxyl groups is 1. The lowest BCUT2D eigenvalue weighted by Gasteiger charge is -2.43. The van der Waals surface area contributed by atoms with Crippen LogP contribution in [0.1, 0.15) is 18.4 Å². The number of rotatable bonds is 4. The molecule has 3 rings (SSSR count). The third-order valence-corrected chi connectivity index (χ3v) is 5.23. The van der Waals surface area contributed by atoms with Crippen LogP contribution in [0.3, 0.4) is 0 Å². The second-order valence-electron chi connectivity index (χ2n) is 6.56. The van der Waals surface area contributed by atoms with E-state index in [0.29, 0.717) is 45.7 Å². The number of carbonyl (C=O) groups excluding carboxylic acids is 1. The van der Waals surface area contributed by atoms with E-state index in [9.17, 15) is 9.18 Å². The molecule has 0 radical (unpaired) electrons. The lowest BCUT2D eigenvalue weighted by molar-refractivity contribution is -0.143. The van der Waals surface area contributed by atoms with Crippen molar-refractivity contribution in [2.75, 3.05) is 52.5 Å². The van der Waals surface area contributed by atoms with Gasteiger partial charge in [-0.05, 0) is 30.5 Å². The van der Waals surface area contributed by atoms with Crippen molar-refractivity contribution >= 4 is 5.91 Å². The van der Waals surface area contributed by atoms with Crippen LogP contribution in [0.25, 0.3) is 0 Å². The third kappa shape index (κ3) is 3.45. The number of hydrogen-bond acceptors (Lipinski definition) is 4. The molecule has 0 spiro atoms. The first-order valence-corrected chi connectivity index (χ1v) is 8.62. The molecule has 2 heterocycles. The van der Waals surface area contributed by atoms with Gasteiger partial charge in [-0.1, -0.05) is 12.1 Å². The van der Waals surface area contributed by atoms with E-state index >= 15 is 0 Å². The zero-order valence-corrected chi connectivity index (χ0v) is 13.9. The number of piperazine rings is 1. The summed E-state index contributed by atoms with van der Waals surface area (Å²) in [6, 6.07) is 6.33. The first kappa shape index (κ1) is 17.3. The Hall–Kier alpha value is -1.50. The van der Waals surface area contributed by atoms with Gasteiger partial charge in [0, 0.05) is 45.9 Å². The van der Waals surface area contributed by atoms with E-state index in [1.165, 1.54) is 12.1 Å². The van der Waals surface area contributed by atoms with Crippen LogP contribution in [0.5, 0.6) is 0 Å². The number of ether oxygens (including phenoxy) is 1. The van der Waals surface area contributed by atoms with Crippen LogP contribution in [-0.2, 0) is 14.9 Å². The van der Waals surface area contributed by atoms with E-state index in [4.69, 9.17) is 9.84 Å². The smallest absolute Gasteiger partial charge is 0.233 e. The summed E-state index contributed by atoms with van der Waals surface area (Å²) in [6.45, 7) is 4.79. The van der Waals surface area contributed by atoms with Crippen LogP contribution in [0, 0.1) is 5.82 Å². The summed E-state index contributed by atoms with van der Waals surface area (Å²) < 4.78 is 18.8. The van der Waals surface area contributed by atoms with Gasteiger partial charge in [-0.25, -0.2) is 4.39 Å². The number of benzene rings is 1. The molecular formula is C18H25FN2O3. The van der Waals surface area contributed by atoms with Crippen molar-refractivity contribution in [2.45, 2.75) is 18.3 Å². The maximum absolute atomic E-state index is 13.3. The van der Waals surface area contributed by atoms with Gasteiger partial charge in [-0.15, -0.1) is 0 Å². The minimum atomic E-state index is -0.606. The van der Waals surface area contributed by atoms with Crippen LogP contribution < -0.4 is 0 Å². The molecule has 0 unspecified atom stereocenters. The number of amides is 1. The van der Waals surface area contributed by atoms with Crippen molar-refractivity contribution in [2.24, 2.45) is 0 Å². The first-order chi connectivity index (χ1) is 11.7. The summed E-state index contributed by atoms with van der Waals surface area (Å²) >= 11 is 0. The predicted octanol–water partition coefficient (Wildman–Crippen LogP) is 1.01. The summed E-state index contributed by atoms with van der Waals surface area (Å²) in [5.41, 5.74) is 0.278. The fourth-order valence-corrected chi connectivity index (χ4v) is 3.73. The Kier molecular flexibility index (Phi) is 5.48. The molecule has 5 nitrogen and oxygen atoms in total. The molecule has 6 heteroatoms. The van der Waals surface area contributed by atoms with Crippen LogP contribution in [0.15, 0.2) is 24.3 Å². The SMILES string of the molecule is O=C(N1CCN(CCO)CC1)C1(c2ccc(F)cc2)CCOCC1. The second kappa shape index (κ2) is 7.59. The van der Waals surface area contributed by atoms with Crippen molar-refractivity contribution in [3.8, 4) is 0 Å². The van der Waals surface area contributed by atoms with E-state index in [1.54, 1.807) is 12.1 Å². The molecule has 2 aliphatic rings. The van der Waals surface area contributed by atoms with Gasteiger partial charge >= 0.3 is 0 Å². The third-order valence-electron chi connectivity index (χ3n) is 5.23. The summed E-state index contributed by atoms with van der Waals surface area (Å²) in [5.74, 6) is -0.160. The van der Waals surface area contributed by atoms with Crippen LogP contribution >= 0.6 is 0 Å². The molecule has 2 saturated heterocycles. The fourth-order valence-electron chi connectivity index (χ4n) is 3.73. The van der Waals surface area contributed by atoms with Crippen molar-refractivity contribution in [1.29, 1.82) is 0 Å². The summed E-state index contributed by atoms with van der Waals surface area (Å²) in [7, 11) is 0. The predicted molar refractivity (Wildman–Crippen MR) is 88.2 cm³/mol. The first-order valence-electron chi connectivity index (χ1n) is 8.62. The van der Waals surface area contributed by atoms with E-state index in [-0.39, 0.29) is 18.3 Å². The highest BCUT2D eigenvalue weighted by Gasteiger charge is 2.44. The summed E-state index contributed by atoms with van der Waals surface area (Å²) in [5, 5.41) is 9.04. The van der Waals surface area contributed by atoms with Crippen molar-refractivity contribution < 1.29 is 19.0 Å². The minimum Gasteiger partial charge on any atom is -0.395 e. The van der Waals surface area contributed by atoms with Crippen molar-refractivity contribution in [3.05, 3.63) is 35.6 Å². The van der Waals surface area contributed by atoms with E-state index in [0.717, 1.165) is 18.7 Å². The van der Waals surface area contributed by atoms with Crippen LogP contribution in [-0.4, -0.2) is 73.4 Å². The molecule has 1 aromatic rings. The van der Waals surface area contributed by atoms with Crippen LogP contribution in [0.4, 0.5) is 4.39 Å². The molecule has 0 aromatic heterocycles. The average molecular weight is 336 g/mol. The Labute approximate surface area is 142 Å². The zero-order chi connectivity index (χ0) is 17.0. The Morgan fingerprint density at radius 1 is 1.12 bits per heavy atom. The quantitative estimate of drug-likeness (QED) is 0.892. The largest absolute Gasteiger partial charge is 0.395 e. The van der Waals surface area contributed by atoms with Gasteiger partial charge in [-0.2, -0.15) is 0 Å². The van der Waals surface area contributed by atoms with Crippen LogP contribution in [0.2, 0.25) is 0 Å². The monoisotopic (exact) mass is 336 g/mol. The van der Waals surface area contributed by atoms with Gasteiger partial charge in [0.05, 0.1) is 12.0 Å². The molecule has 0 aliphatic carbocycles. The Morgan fingerprint density at radius 2 is 1.75 bits per heavy atom. The summed E-state index contributed by atoms with van der Waals surface area (Å²) in [4.78, 5) is 17.4. The highest BCUT2D eigenvalue weighted by atomic mass is 19.1. The number of carbonyl (C=O) groups is 1. The molecule has 132 valence electrons. The lowest BCUT2D eigenvalue weighted by Crippen LogP contribution is -2.56. The fraction of sp³-hybridized carbons (Fsp3) is 0.611. The van der Waals surface area contributed by atoms with Crippen molar-refractivity contribution in [3.63, 3.8) is 0 Å². The van der Waals surface area contributed by atoms with E-state index in [2.05, 4.69) is 4.90 Å². The molecule has 0 atom stereocenters. The van der Waals surface area contributed by atoms with Gasteiger partial charge in [0.2, 0.25) is 5.91 Å². The molecule has 2 aliphatic heterocycles. The molecule has 1 amide bonds. The average Bonchev–Trinajstić information content (AvgIpc) is 2.63. The van der Waals surface area contributed by atoms with Crippen molar-refractivity contribution in [1.82, 2.24) is 9.80 Å². The standard InChI is InChI=1S/C18H25FN2O3/c19-16-3-1-15(2-4-16)18(5-13-24-14-6-18)17(23)21-9-7-20(8-10-21)11-12-22/h1-4,22H,5-14H2. The molecule has 2 fully saturated rings. The topological polar surface area (TPSA) is 53.0 Å². The minimum absolute atomic E-state index is 0.126. The van der Waals surface area contributed by atoms with Gasteiger partial charge < -0.3 is 14.7 Å². The number of halogens is 1. The molecular weight excluding hydrogens is 311 g/mol. The van der Waals surface area contributed by atoms with Gasteiger partial charge in [0.1, 0.15) is 5.82 Å². The summed E-state index contributed by atoms with van der Waals surface area (Å²) in [6.07, 6.45) is 1.27. The normalized spacial score (nSPS) is 21.7. The number of aliphatic hydroxyl groups excluding tert-OH is 1. The maximum Gasteiger partial charge on any atom is 0.233 e. The highest BCUT2D eigenvalue weighted by molar-refractivity contribution is 5.88. The highest BCUT2D eigenvalue weighted by Crippen LogP contribution is 2.37. The zero-order valence-electron chi connectivity index (χ0n) is 13.9. The Morgan fingerprint density at radius 3 is 2.33 bits per heavy atom. The molecule has 0 saturated carbocycles.